The van der Waals surface area contributed by atoms with Gasteiger partial charge in [0.25, 0.3) is 0 Å². The van der Waals surface area contributed by atoms with Crippen LogP contribution in [0.1, 0.15) is 45.0 Å². The van der Waals surface area contributed by atoms with Crippen LogP contribution in [0.25, 0.3) is 0 Å². The largest absolute Gasteiger partial charge is 0.353 e. The Morgan fingerprint density at radius 2 is 1.92 bits per heavy atom. The number of amides is 1. The molecule has 0 radical (unpaired) electrons. The molecule has 6 heteroatoms. The Labute approximate surface area is 152 Å². The van der Waals surface area contributed by atoms with Crippen molar-refractivity contribution in [1.82, 2.24) is 20.2 Å². The Kier molecular flexibility index (Phi) is 6.76. The van der Waals surface area contributed by atoms with Gasteiger partial charge in [-0.2, -0.15) is 0 Å². The number of hydrogen-bond acceptors (Lipinski definition) is 5. The maximum atomic E-state index is 12.4. The summed E-state index contributed by atoms with van der Waals surface area (Å²) in [5.74, 6) is 1.58. The summed E-state index contributed by atoms with van der Waals surface area (Å²) in [6.45, 7) is 11.1. The van der Waals surface area contributed by atoms with Crippen molar-refractivity contribution in [2.45, 2.75) is 53.1 Å². The second-order valence-electron chi connectivity index (χ2n) is 7.79. The highest BCUT2D eigenvalue weighted by Gasteiger charge is 2.26. The summed E-state index contributed by atoms with van der Waals surface area (Å²) in [7, 11) is 3.92. The smallest absolute Gasteiger partial charge is 0.225 e. The van der Waals surface area contributed by atoms with Gasteiger partial charge in [0.1, 0.15) is 0 Å². The van der Waals surface area contributed by atoms with Crippen LogP contribution in [0.15, 0.2) is 6.07 Å². The predicted octanol–water partition coefficient (Wildman–Crippen LogP) is 2.22. The van der Waals surface area contributed by atoms with Gasteiger partial charge in [-0.05, 0) is 51.8 Å². The molecule has 1 aromatic heterocycles. The minimum atomic E-state index is 0.141. The summed E-state index contributed by atoms with van der Waals surface area (Å²) in [5.41, 5.74) is 2.04. The highest BCUT2D eigenvalue weighted by Crippen LogP contribution is 2.20. The molecular weight excluding hydrogens is 314 g/mol. The van der Waals surface area contributed by atoms with Gasteiger partial charge in [-0.3, -0.25) is 9.69 Å². The monoisotopic (exact) mass is 347 g/mol. The van der Waals surface area contributed by atoms with E-state index in [2.05, 4.69) is 47.0 Å². The molecule has 1 saturated heterocycles. The Morgan fingerprint density at radius 1 is 1.28 bits per heavy atom. The zero-order valence-corrected chi connectivity index (χ0v) is 16.5. The lowest BCUT2D eigenvalue weighted by atomic mass is 9.94. The van der Waals surface area contributed by atoms with Crippen LogP contribution in [-0.4, -0.2) is 54.0 Å². The van der Waals surface area contributed by atoms with Crippen LogP contribution in [0.5, 0.6) is 0 Å². The lowest BCUT2D eigenvalue weighted by Gasteiger charge is -2.32. The summed E-state index contributed by atoms with van der Waals surface area (Å²) in [6.07, 6.45) is 1.84. The van der Waals surface area contributed by atoms with E-state index in [1.807, 2.05) is 25.9 Å². The number of hydrogen-bond donors (Lipinski definition) is 1. The lowest BCUT2D eigenvalue weighted by Crippen LogP contribution is -2.44. The fraction of sp³-hybridized carbons (Fsp3) is 0.737. The molecule has 6 nitrogen and oxygen atoms in total. The molecule has 1 N–H and O–H groups in total. The first kappa shape index (κ1) is 19.6. The molecule has 1 unspecified atom stereocenters. The van der Waals surface area contributed by atoms with E-state index in [1.165, 1.54) is 0 Å². The second-order valence-corrected chi connectivity index (χ2v) is 7.79. The van der Waals surface area contributed by atoms with Gasteiger partial charge in [0.15, 0.2) is 0 Å². The maximum absolute atomic E-state index is 12.4. The first-order chi connectivity index (χ1) is 11.8. The zero-order chi connectivity index (χ0) is 18.6. The molecule has 1 aromatic rings. The maximum Gasteiger partial charge on any atom is 0.225 e. The van der Waals surface area contributed by atoms with E-state index in [1.54, 1.807) is 0 Å². The number of rotatable bonds is 6. The molecule has 0 aliphatic carbocycles. The Hall–Kier alpha value is -1.69. The van der Waals surface area contributed by atoms with Gasteiger partial charge in [0, 0.05) is 38.3 Å². The number of carbonyl (C=O) groups excluding carboxylic acids is 1. The van der Waals surface area contributed by atoms with Gasteiger partial charge in [0.05, 0.1) is 5.69 Å². The van der Waals surface area contributed by atoms with Crippen molar-refractivity contribution in [3.05, 3.63) is 17.5 Å². The topological polar surface area (TPSA) is 61.4 Å². The number of likely N-dealkylation sites (tertiary alicyclic amines) is 1. The fourth-order valence-corrected chi connectivity index (χ4v) is 2.99. The van der Waals surface area contributed by atoms with E-state index < -0.39 is 0 Å². The van der Waals surface area contributed by atoms with Gasteiger partial charge in [-0.15, -0.1) is 0 Å². The van der Waals surface area contributed by atoms with Crippen molar-refractivity contribution in [3.63, 3.8) is 0 Å². The van der Waals surface area contributed by atoms with Gasteiger partial charge in [-0.1, -0.05) is 13.8 Å². The van der Waals surface area contributed by atoms with E-state index in [4.69, 9.17) is 0 Å². The molecule has 1 aliphatic heterocycles. The van der Waals surface area contributed by atoms with Crippen molar-refractivity contribution in [2.75, 3.05) is 32.1 Å². The van der Waals surface area contributed by atoms with Crippen molar-refractivity contribution in [1.29, 1.82) is 0 Å². The molecule has 0 saturated carbocycles. The number of anilines is 1. The van der Waals surface area contributed by atoms with E-state index in [9.17, 15) is 4.79 Å². The summed E-state index contributed by atoms with van der Waals surface area (Å²) >= 11 is 0. The van der Waals surface area contributed by atoms with Crippen LogP contribution in [-0.2, 0) is 11.3 Å². The van der Waals surface area contributed by atoms with Crippen LogP contribution < -0.4 is 10.2 Å². The van der Waals surface area contributed by atoms with Crippen LogP contribution in [0.3, 0.4) is 0 Å². The normalized spacial score (nSPS) is 17.6. The average Bonchev–Trinajstić information content (AvgIpc) is 2.54. The van der Waals surface area contributed by atoms with Crippen molar-refractivity contribution >= 4 is 11.9 Å². The minimum absolute atomic E-state index is 0.141. The molecule has 1 amide bonds. The van der Waals surface area contributed by atoms with Gasteiger partial charge >= 0.3 is 0 Å². The fourth-order valence-electron chi connectivity index (χ4n) is 2.99. The first-order valence-corrected chi connectivity index (χ1v) is 9.31. The summed E-state index contributed by atoms with van der Waals surface area (Å²) < 4.78 is 0. The number of nitrogens with zero attached hydrogens (tertiary/aromatic N) is 4. The molecule has 0 spiro atoms. The average molecular weight is 348 g/mol. The van der Waals surface area contributed by atoms with Crippen molar-refractivity contribution in [2.24, 2.45) is 11.8 Å². The molecule has 1 atom stereocenters. The number of piperidine rings is 1. The van der Waals surface area contributed by atoms with Crippen LogP contribution in [0, 0.1) is 18.8 Å². The third-order valence-corrected chi connectivity index (χ3v) is 5.01. The quantitative estimate of drug-likeness (QED) is 0.855. The molecule has 2 rings (SSSR count). The molecule has 0 bridgehead atoms. The van der Waals surface area contributed by atoms with E-state index in [0.29, 0.717) is 5.92 Å². The molecule has 1 aliphatic rings. The van der Waals surface area contributed by atoms with Gasteiger partial charge in [0.2, 0.25) is 11.9 Å². The lowest BCUT2D eigenvalue weighted by molar-refractivity contribution is -0.127. The zero-order valence-electron chi connectivity index (χ0n) is 16.5. The molecule has 2 heterocycles. The summed E-state index contributed by atoms with van der Waals surface area (Å²) in [4.78, 5) is 25.8. The standard InChI is InChI=1S/C19H33N5O/c1-13(2)15(4)21-18(25)16-7-9-24(10-8-16)12-17-11-14(3)20-19(22-17)23(5)6/h11,13,15-16H,7-10,12H2,1-6H3,(H,21,25). The van der Waals surface area contributed by atoms with E-state index in [0.717, 1.165) is 49.8 Å². The number of aromatic nitrogens is 2. The SMILES string of the molecule is Cc1cc(CN2CCC(C(=O)NC(C)C(C)C)CC2)nc(N(C)C)n1. The predicted molar refractivity (Wildman–Crippen MR) is 102 cm³/mol. The van der Waals surface area contributed by atoms with Crippen LogP contribution >= 0.6 is 0 Å². The highest BCUT2D eigenvalue weighted by molar-refractivity contribution is 5.79. The third-order valence-electron chi connectivity index (χ3n) is 5.01. The first-order valence-electron chi connectivity index (χ1n) is 9.31. The van der Waals surface area contributed by atoms with Crippen molar-refractivity contribution < 1.29 is 4.79 Å². The molecular formula is C19H33N5O. The minimum Gasteiger partial charge on any atom is -0.353 e. The number of nitrogens with one attached hydrogen (secondary N) is 1. The van der Waals surface area contributed by atoms with Gasteiger partial charge in [-0.25, -0.2) is 9.97 Å². The third kappa shape index (κ3) is 5.66. The van der Waals surface area contributed by atoms with E-state index in [-0.39, 0.29) is 17.9 Å². The van der Waals surface area contributed by atoms with E-state index >= 15 is 0 Å². The highest BCUT2D eigenvalue weighted by atomic mass is 16.1. The van der Waals surface area contributed by atoms with Crippen LogP contribution in [0.4, 0.5) is 5.95 Å². The Bertz CT molecular complexity index is 579. The number of carbonyl (C=O) groups is 1. The number of aryl methyl sites for hydroxylation is 1. The van der Waals surface area contributed by atoms with Gasteiger partial charge < -0.3 is 10.2 Å². The summed E-state index contributed by atoms with van der Waals surface area (Å²) in [5, 5.41) is 3.16. The van der Waals surface area contributed by atoms with Crippen LogP contribution in [0.2, 0.25) is 0 Å². The summed E-state index contributed by atoms with van der Waals surface area (Å²) in [6, 6.07) is 2.29. The molecule has 0 aromatic carbocycles. The molecule has 1 fully saturated rings. The Balaban J connectivity index is 1.87. The second kappa shape index (κ2) is 8.61. The molecule has 140 valence electrons. The molecule has 25 heavy (non-hydrogen) atoms. The van der Waals surface area contributed by atoms with Crippen molar-refractivity contribution in [3.8, 4) is 0 Å². The Morgan fingerprint density at radius 3 is 2.48 bits per heavy atom.